The molecule has 6 nitrogen and oxygen atoms in total. The molecule has 0 spiro atoms. The largest absolute Gasteiger partial charge is 0.490 e. The molecule has 1 heterocycles. The van der Waals surface area contributed by atoms with E-state index >= 15 is 0 Å². The first-order chi connectivity index (χ1) is 15.0. The third kappa shape index (κ3) is 5.03. The molecule has 1 aliphatic rings. The van der Waals surface area contributed by atoms with E-state index in [0.29, 0.717) is 12.0 Å². The Morgan fingerprint density at radius 2 is 1.77 bits per heavy atom. The van der Waals surface area contributed by atoms with Crippen molar-refractivity contribution in [3.8, 4) is 5.75 Å². The quantitative estimate of drug-likeness (QED) is 0.347. The second-order valence-corrected chi connectivity index (χ2v) is 8.04. The molecule has 31 heavy (non-hydrogen) atoms. The molecule has 1 aliphatic heterocycles. The molecule has 4 rings (SSSR count). The SMILES string of the molecule is N=C(N)c1ccc2ccc(CC(C(=O)O)c3ccc(OC4CCNCC4)cc3)cc2c1. The van der Waals surface area contributed by atoms with E-state index < -0.39 is 11.9 Å². The van der Waals surface area contributed by atoms with Crippen LogP contribution in [0.15, 0.2) is 60.7 Å². The van der Waals surface area contributed by atoms with E-state index in [1.165, 1.54) is 0 Å². The van der Waals surface area contributed by atoms with Gasteiger partial charge in [0.05, 0.1) is 5.92 Å². The van der Waals surface area contributed by atoms with E-state index in [9.17, 15) is 9.90 Å². The summed E-state index contributed by atoms with van der Waals surface area (Å²) in [6, 6.07) is 19.0. The van der Waals surface area contributed by atoms with E-state index in [2.05, 4.69) is 5.32 Å². The lowest BCUT2D eigenvalue weighted by atomic mass is 9.91. The minimum atomic E-state index is -0.857. The zero-order chi connectivity index (χ0) is 21.8. The summed E-state index contributed by atoms with van der Waals surface area (Å²) in [5.41, 5.74) is 7.94. The van der Waals surface area contributed by atoms with Crippen LogP contribution in [0.3, 0.4) is 0 Å². The Bertz CT molecular complexity index is 1090. The molecular formula is C25H27N3O3. The summed E-state index contributed by atoms with van der Waals surface area (Å²) in [6.45, 7) is 1.92. The zero-order valence-electron chi connectivity index (χ0n) is 17.3. The number of hydrogen-bond acceptors (Lipinski definition) is 4. The first-order valence-corrected chi connectivity index (χ1v) is 10.6. The van der Waals surface area contributed by atoms with E-state index in [-0.39, 0.29) is 11.9 Å². The molecule has 3 aromatic carbocycles. The predicted molar refractivity (Wildman–Crippen MR) is 122 cm³/mol. The van der Waals surface area contributed by atoms with Crippen molar-refractivity contribution in [3.63, 3.8) is 0 Å². The lowest BCUT2D eigenvalue weighted by Gasteiger charge is -2.24. The topological polar surface area (TPSA) is 108 Å². The van der Waals surface area contributed by atoms with Crippen molar-refractivity contribution in [3.05, 3.63) is 77.4 Å². The van der Waals surface area contributed by atoms with Crippen molar-refractivity contribution in [2.75, 3.05) is 13.1 Å². The van der Waals surface area contributed by atoms with Crippen molar-refractivity contribution < 1.29 is 14.6 Å². The molecule has 6 heteroatoms. The number of carboxylic acids is 1. The summed E-state index contributed by atoms with van der Waals surface area (Å²) in [5, 5.41) is 22.8. The maximum atomic E-state index is 12.0. The molecule has 0 aliphatic carbocycles. The Kier molecular flexibility index (Phi) is 6.18. The maximum Gasteiger partial charge on any atom is 0.311 e. The minimum Gasteiger partial charge on any atom is -0.490 e. The van der Waals surface area contributed by atoms with Crippen LogP contribution in [0.5, 0.6) is 5.75 Å². The molecule has 0 bridgehead atoms. The van der Waals surface area contributed by atoms with Crippen molar-refractivity contribution in [1.29, 1.82) is 5.41 Å². The number of piperidine rings is 1. The molecule has 1 unspecified atom stereocenters. The first kappa shape index (κ1) is 20.9. The highest BCUT2D eigenvalue weighted by molar-refractivity contribution is 5.99. The van der Waals surface area contributed by atoms with Gasteiger partial charge in [-0.2, -0.15) is 0 Å². The van der Waals surface area contributed by atoms with E-state index in [1.54, 1.807) is 0 Å². The fraction of sp³-hybridized carbons (Fsp3) is 0.280. The van der Waals surface area contributed by atoms with Crippen molar-refractivity contribution in [2.24, 2.45) is 5.73 Å². The smallest absolute Gasteiger partial charge is 0.311 e. The Balaban J connectivity index is 1.52. The van der Waals surface area contributed by atoms with Crippen LogP contribution in [-0.2, 0) is 11.2 Å². The fourth-order valence-electron chi connectivity index (χ4n) is 4.06. The van der Waals surface area contributed by atoms with Crippen molar-refractivity contribution >= 4 is 22.6 Å². The maximum absolute atomic E-state index is 12.0. The van der Waals surface area contributed by atoms with Gasteiger partial charge in [0.15, 0.2) is 0 Å². The van der Waals surface area contributed by atoms with Crippen LogP contribution in [0.4, 0.5) is 0 Å². The number of fused-ring (bicyclic) bond motifs is 1. The van der Waals surface area contributed by atoms with Gasteiger partial charge in [-0.15, -0.1) is 0 Å². The van der Waals surface area contributed by atoms with Crippen LogP contribution in [-0.4, -0.2) is 36.1 Å². The Hall–Kier alpha value is -3.38. The average Bonchev–Trinajstić information content (AvgIpc) is 2.78. The van der Waals surface area contributed by atoms with Crippen LogP contribution < -0.4 is 15.8 Å². The first-order valence-electron chi connectivity index (χ1n) is 10.6. The molecule has 5 N–H and O–H groups in total. The van der Waals surface area contributed by atoms with Gasteiger partial charge < -0.3 is 20.9 Å². The molecule has 0 radical (unpaired) electrons. The van der Waals surface area contributed by atoms with Crippen molar-refractivity contribution in [2.45, 2.75) is 31.3 Å². The van der Waals surface area contributed by atoms with Crippen LogP contribution in [0.1, 0.15) is 35.4 Å². The number of carboxylic acid groups (broad SMARTS) is 1. The Morgan fingerprint density at radius 1 is 1.06 bits per heavy atom. The summed E-state index contributed by atoms with van der Waals surface area (Å²) in [4.78, 5) is 12.0. The second kappa shape index (κ2) is 9.18. The van der Waals surface area contributed by atoms with E-state index in [1.807, 2.05) is 60.7 Å². The van der Waals surface area contributed by atoms with Gasteiger partial charge in [0.1, 0.15) is 17.7 Å². The van der Waals surface area contributed by atoms with Gasteiger partial charge in [0.2, 0.25) is 0 Å². The highest BCUT2D eigenvalue weighted by atomic mass is 16.5. The number of nitrogen functional groups attached to an aromatic ring is 1. The average molecular weight is 418 g/mol. The number of ether oxygens (including phenoxy) is 1. The number of carbonyl (C=O) groups is 1. The monoisotopic (exact) mass is 417 g/mol. The number of amidine groups is 1. The standard InChI is InChI=1S/C25H27N3O3/c26-24(27)19-4-3-17-2-1-16(13-20(17)15-19)14-23(25(29)30)18-5-7-21(8-6-18)31-22-9-11-28-12-10-22/h1-8,13,15,22-23,28H,9-12,14H2,(H3,26,27)(H,29,30). The van der Waals surface area contributed by atoms with Crippen molar-refractivity contribution in [1.82, 2.24) is 5.32 Å². The van der Waals surface area contributed by atoms with Crippen LogP contribution in [0, 0.1) is 5.41 Å². The molecule has 0 saturated carbocycles. The number of rotatable bonds is 7. The Labute approximate surface area is 181 Å². The molecular weight excluding hydrogens is 390 g/mol. The van der Waals surface area contributed by atoms with Gasteiger partial charge in [-0.05, 0) is 72.5 Å². The highest BCUT2D eigenvalue weighted by Gasteiger charge is 2.21. The summed E-state index contributed by atoms with van der Waals surface area (Å²) in [6.07, 6.45) is 2.55. The number of nitrogens with two attached hydrogens (primary N) is 1. The fourth-order valence-corrected chi connectivity index (χ4v) is 4.06. The normalized spacial score (nSPS) is 15.5. The van der Waals surface area contributed by atoms with Gasteiger partial charge in [-0.3, -0.25) is 10.2 Å². The third-order valence-corrected chi connectivity index (χ3v) is 5.82. The number of nitrogens with one attached hydrogen (secondary N) is 2. The second-order valence-electron chi connectivity index (χ2n) is 8.04. The number of benzene rings is 3. The Morgan fingerprint density at radius 3 is 2.45 bits per heavy atom. The summed E-state index contributed by atoms with van der Waals surface area (Å²) >= 11 is 0. The van der Waals surface area contributed by atoms with Gasteiger partial charge in [-0.1, -0.05) is 42.5 Å². The highest BCUT2D eigenvalue weighted by Crippen LogP contribution is 2.27. The summed E-state index contributed by atoms with van der Waals surface area (Å²) in [5.74, 6) is -0.712. The van der Waals surface area contributed by atoms with E-state index in [0.717, 1.165) is 53.6 Å². The molecule has 1 fully saturated rings. The molecule has 1 atom stereocenters. The molecule has 160 valence electrons. The predicted octanol–water partition coefficient (Wildman–Crippen LogP) is 3.67. The van der Waals surface area contributed by atoms with E-state index in [4.69, 9.17) is 15.9 Å². The summed E-state index contributed by atoms with van der Waals surface area (Å²) < 4.78 is 6.03. The lowest BCUT2D eigenvalue weighted by molar-refractivity contribution is -0.138. The lowest BCUT2D eigenvalue weighted by Crippen LogP contribution is -2.34. The van der Waals surface area contributed by atoms with Crippen LogP contribution >= 0.6 is 0 Å². The third-order valence-electron chi connectivity index (χ3n) is 5.82. The number of hydrogen-bond donors (Lipinski definition) is 4. The summed E-state index contributed by atoms with van der Waals surface area (Å²) in [7, 11) is 0. The van der Waals surface area contributed by atoms with Gasteiger partial charge in [0.25, 0.3) is 0 Å². The van der Waals surface area contributed by atoms with Gasteiger partial charge in [-0.25, -0.2) is 0 Å². The number of aliphatic carboxylic acids is 1. The molecule has 0 amide bonds. The minimum absolute atomic E-state index is 0.0162. The molecule has 1 saturated heterocycles. The van der Waals surface area contributed by atoms with Crippen LogP contribution in [0.2, 0.25) is 0 Å². The van der Waals surface area contributed by atoms with Gasteiger partial charge in [0, 0.05) is 5.56 Å². The zero-order valence-corrected chi connectivity index (χ0v) is 17.3. The molecule has 0 aromatic heterocycles. The van der Waals surface area contributed by atoms with Gasteiger partial charge >= 0.3 is 5.97 Å². The van der Waals surface area contributed by atoms with Crippen LogP contribution in [0.25, 0.3) is 10.8 Å². The molecule has 3 aromatic rings.